The number of benzene rings is 2. The number of amides is 2. The van der Waals surface area contributed by atoms with Crippen LogP contribution in [0.3, 0.4) is 0 Å². The quantitative estimate of drug-likeness (QED) is 0.608. The Balaban J connectivity index is 1.39. The number of carbonyl (C=O) groups excluding carboxylic acids is 1. The number of aromatic nitrogens is 2. The molecule has 2 aromatic carbocycles. The zero-order valence-electron chi connectivity index (χ0n) is 13.5. The second-order valence-corrected chi connectivity index (χ2v) is 5.48. The number of anilines is 1. The number of hydrogen-bond donors (Lipinski definition) is 3. The molecule has 0 aliphatic rings. The molecule has 1 heterocycles. The Hall–Kier alpha value is -3.02. The molecular formula is C18H20N4O2. The topological polar surface area (TPSA) is 79.0 Å². The lowest BCUT2D eigenvalue weighted by Gasteiger charge is -2.10. The SMILES string of the molecule is Cc1ccccc1OCCCNC(=O)Nc1ccc2nc[nH]c2c1. The first-order valence-electron chi connectivity index (χ1n) is 7.89. The van der Waals surface area contributed by atoms with Crippen LogP contribution >= 0.6 is 0 Å². The molecule has 24 heavy (non-hydrogen) atoms. The number of aromatic amines is 1. The van der Waals surface area contributed by atoms with Crippen molar-refractivity contribution >= 4 is 22.8 Å². The van der Waals surface area contributed by atoms with Gasteiger partial charge in [-0.1, -0.05) is 18.2 Å². The number of fused-ring (bicyclic) bond motifs is 1. The van der Waals surface area contributed by atoms with Gasteiger partial charge in [0.05, 0.1) is 24.0 Å². The number of H-pyrrole nitrogens is 1. The summed E-state index contributed by atoms with van der Waals surface area (Å²) in [7, 11) is 0. The minimum absolute atomic E-state index is 0.232. The van der Waals surface area contributed by atoms with Crippen molar-refractivity contribution in [3.8, 4) is 5.75 Å². The van der Waals surface area contributed by atoms with Gasteiger partial charge in [-0.05, 0) is 43.2 Å². The second kappa shape index (κ2) is 7.50. The van der Waals surface area contributed by atoms with Crippen molar-refractivity contribution in [3.63, 3.8) is 0 Å². The molecule has 3 aromatic rings. The predicted molar refractivity (Wildman–Crippen MR) is 94.4 cm³/mol. The van der Waals surface area contributed by atoms with Gasteiger partial charge in [-0.3, -0.25) is 0 Å². The summed E-state index contributed by atoms with van der Waals surface area (Å²) in [5, 5.41) is 5.62. The fourth-order valence-electron chi connectivity index (χ4n) is 2.36. The van der Waals surface area contributed by atoms with Crippen molar-refractivity contribution in [3.05, 3.63) is 54.4 Å². The highest BCUT2D eigenvalue weighted by Crippen LogP contribution is 2.16. The van der Waals surface area contributed by atoms with Crippen molar-refractivity contribution in [2.75, 3.05) is 18.5 Å². The highest BCUT2D eigenvalue weighted by atomic mass is 16.5. The molecule has 0 saturated carbocycles. The van der Waals surface area contributed by atoms with Crippen LogP contribution in [0, 0.1) is 6.92 Å². The molecule has 0 aliphatic carbocycles. The van der Waals surface area contributed by atoms with Crippen LogP contribution in [-0.4, -0.2) is 29.2 Å². The average Bonchev–Trinajstić information content (AvgIpc) is 3.04. The third-order valence-corrected chi connectivity index (χ3v) is 3.64. The molecule has 0 unspecified atom stereocenters. The summed E-state index contributed by atoms with van der Waals surface area (Å²) in [5.74, 6) is 0.884. The van der Waals surface area contributed by atoms with E-state index in [4.69, 9.17) is 4.74 Å². The molecule has 6 heteroatoms. The van der Waals surface area contributed by atoms with E-state index < -0.39 is 0 Å². The van der Waals surface area contributed by atoms with E-state index in [0.717, 1.165) is 34.5 Å². The van der Waals surface area contributed by atoms with E-state index >= 15 is 0 Å². The molecule has 0 spiro atoms. The van der Waals surface area contributed by atoms with Gasteiger partial charge in [0.2, 0.25) is 0 Å². The van der Waals surface area contributed by atoms with Crippen LogP contribution in [0.1, 0.15) is 12.0 Å². The standard InChI is InChI=1S/C18H20N4O2/c1-13-5-2-3-6-17(13)24-10-4-9-19-18(23)22-14-7-8-15-16(11-14)21-12-20-15/h2-3,5-8,11-12H,4,9-10H2,1H3,(H,20,21)(H2,19,22,23). The largest absolute Gasteiger partial charge is 0.493 e. The number of hydrogen-bond acceptors (Lipinski definition) is 3. The summed E-state index contributed by atoms with van der Waals surface area (Å²) in [6, 6.07) is 13.2. The molecule has 3 rings (SSSR count). The van der Waals surface area contributed by atoms with E-state index in [2.05, 4.69) is 20.6 Å². The van der Waals surface area contributed by atoms with E-state index in [0.29, 0.717) is 13.2 Å². The van der Waals surface area contributed by atoms with Gasteiger partial charge in [0, 0.05) is 12.2 Å². The maximum Gasteiger partial charge on any atom is 0.319 e. The van der Waals surface area contributed by atoms with E-state index in [1.54, 1.807) is 6.33 Å². The number of nitrogens with zero attached hydrogens (tertiary/aromatic N) is 1. The molecule has 124 valence electrons. The molecule has 6 nitrogen and oxygen atoms in total. The Morgan fingerprint density at radius 2 is 2.12 bits per heavy atom. The van der Waals surface area contributed by atoms with Crippen LogP contribution in [0.5, 0.6) is 5.75 Å². The number of urea groups is 1. The van der Waals surface area contributed by atoms with Crippen LogP contribution in [0.4, 0.5) is 10.5 Å². The summed E-state index contributed by atoms with van der Waals surface area (Å²) in [4.78, 5) is 19.0. The lowest BCUT2D eigenvalue weighted by Crippen LogP contribution is -2.30. The fraction of sp³-hybridized carbons (Fsp3) is 0.222. The van der Waals surface area contributed by atoms with Crippen molar-refractivity contribution in [1.82, 2.24) is 15.3 Å². The Labute approximate surface area is 140 Å². The first kappa shape index (κ1) is 15.9. The zero-order valence-corrected chi connectivity index (χ0v) is 13.5. The van der Waals surface area contributed by atoms with Gasteiger partial charge < -0.3 is 20.4 Å². The van der Waals surface area contributed by atoms with Gasteiger partial charge in [0.1, 0.15) is 5.75 Å². The molecular weight excluding hydrogens is 304 g/mol. The summed E-state index contributed by atoms with van der Waals surface area (Å²) in [6.45, 7) is 3.12. The molecule has 1 aromatic heterocycles. The first-order chi connectivity index (χ1) is 11.7. The van der Waals surface area contributed by atoms with Crippen LogP contribution in [-0.2, 0) is 0 Å². The first-order valence-corrected chi connectivity index (χ1v) is 7.89. The summed E-state index contributed by atoms with van der Waals surface area (Å²) < 4.78 is 5.69. The number of para-hydroxylation sites is 1. The minimum atomic E-state index is -0.232. The average molecular weight is 324 g/mol. The molecule has 0 bridgehead atoms. The van der Waals surface area contributed by atoms with Gasteiger partial charge in [0.25, 0.3) is 0 Å². The van der Waals surface area contributed by atoms with Crippen molar-refractivity contribution < 1.29 is 9.53 Å². The maximum absolute atomic E-state index is 11.9. The minimum Gasteiger partial charge on any atom is -0.493 e. The Bertz CT molecular complexity index is 829. The van der Waals surface area contributed by atoms with Gasteiger partial charge in [0.15, 0.2) is 0 Å². The second-order valence-electron chi connectivity index (χ2n) is 5.48. The van der Waals surface area contributed by atoms with E-state index in [1.807, 2.05) is 49.4 Å². The van der Waals surface area contributed by atoms with Gasteiger partial charge in [-0.2, -0.15) is 0 Å². The highest BCUT2D eigenvalue weighted by molar-refractivity contribution is 5.91. The highest BCUT2D eigenvalue weighted by Gasteiger charge is 2.03. The number of imidazole rings is 1. The molecule has 0 radical (unpaired) electrons. The lowest BCUT2D eigenvalue weighted by atomic mass is 10.2. The van der Waals surface area contributed by atoms with Crippen molar-refractivity contribution in [2.45, 2.75) is 13.3 Å². The van der Waals surface area contributed by atoms with Crippen LogP contribution < -0.4 is 15.4 Å². The van der Waals surface area contributed by atoms with Gasteiger partial charge in [-0.15, -0.1) is 0 Å². The van der Waals surface area contributed by atoms with Gasteiger partial charge in [-0.25, -0.2) is 9.78 Å². The molecule has 0 aliphatic heterocycles. The molecule has 3 N–H and O–H groups in total. The number of aryl methyl sites for hydroxylation is 1. The number of nitrogens with one attached hydrogen (secondary N) is 3. The predicted octanol–water partition coefficient (Wildman–Crippen LogP) is 3.46. The van der Waals surface area contributed by atoms with Crippen LogP contribution in [0.25, 0.3) is 11.0 Å². The summed E-state index contributed by atoms with van der Waals surface area (Å²) >= 11 is 0. The Morgan fingerprint density at radius 3 is 3.00 bits per heavy atom. The van der Waals surface area contributed by atoms with Crippen molar-refractivity contribution in [2.24, 2.45) is 0 Å². The normalized spacial score (nSPS) is 10.5. The Morgan fingerprint density at radius 1 is 1.25 bits per heavy atom. The van der Waals surface area contributed by atoms with Crippen molar-refractivity contribution in [1.29, 1.82) is 0 Å². The molecule has 0 saturated heterocycles. The maximum atomic E-state index is 11.9. The van der Waals surface area contributed by atoms with E-state index in [9.17, 15) is 4.79 Å². The summed E-state index contributed by atoms with van der Waals surface area (Å²) in [5.41, 5.74) is 3.59. The summed E-state index contributed by atoms with van der Waals surface area (Å²) in [6.07, 6.45) is 2.37. The number of ether oxygens (including phenoxy) is 1. The zero-order chi connectivity index (χ0) is 16.8. The smallest absolute Gasteiger partial charge is 0.319 e. The third kappa shape index (κ3) is 4.04. The molecule has 0 fully saturated rings. The third-order valence-electron chi connectivity index (χ3n) is 3.64. The number of carbonyl (C=O) groups is 1. The van der Waals surface area contributed by atoms with Crippen LogP contribution in [0.2, 0.25) is 0 Å². The lowest BCUT2D eigenvalue weighted by molar-refractivity contribution is 0.250. The molecule has 2 amide bonds. The van der Waals surface area contributed by atoms with E-state index in [1.165, 1.54) is 0 Å². The fourth-order valence-corrected chi connectivity index (χ4v) is 2.36. The monoisotopic (exact) mass is 324 g/mol. The Kier molecular flexibility index (Phi) is 4.96. The number of rotatable bonds is 6. The van der Waals surface area contributed by atoms with Crippen LogP contribution in [0.15, 0.2) is 48.8 Å². The molecule has 0 atom stereocenters. The van der Waals surface area contributed by atoms with Gasteiger partial charge >= 0.3 is 6.03 Å². The van der Waals surface area contributed by atoms with E-state index in [-0.39, 0.29) is 6.03 Å².